The highest BCUT2D eigenvalue weighted by Crippen LogP contribution is 2.04. The maximum Gasteiger partial charge on any atom is -0.0318 e. The summed E-state index contributed by atoms with van der Waals surface area (Å²) in [6, 6.07) is 0. The highest BCUT2D eigenvalue weighted by molar-refractivity contribution is 4.63. The van der Waals surface area contributed by atoms with Gasteiger partial charge in [-0.15, -0.1) is 0 Å². The molecule has 0 heteroatoms. The summed E-state index contributed by atoms with van der Waals surface area (Å²) in [5.41, 5.74) is 0. The van der Waals surface area contributed by atoms with Crippen LogP contribution >= 0.6 is 0 Å². The molecule has 2 atom stereocenters. The van der Waals surface area contributed by atoms with Gasteiger partial charge in [-0.3, -0.25) is 0 Å². The Balaban J connectivity index is 2.99. The fourth-order valence-electron chi connectivity index (χ4n) is 0. The van der Waals surface area contributed by atoms with E-state index in [1.54, 1.807) is 0 Å². The maximum absolute atomic E-state index is 5.31. The van der Waals surface area contributed by atoms with E-state index in [9.17, 15) is 0 Å². The molecule has 0 N–H and O–H groups in total. The average Bonchev–Trinajstić information content (AvgIpc) is 1.36. The molecule has 4 radical (unpaired) electrons. The lowest BCUT2D eigenvalue weighted by atomic mass is 10.0. The van der Waals surface area contributed by atoms with Gasteiger partial charge in [0, 0.05) is 0 Å². The lowest BCUT2D eigenvalue weighted by Gasteiger charge is -2.04. The summed E-state index contributed by atoms with van der Waals surface area (Å²) in [5.74, 6) is 0.259. The SMILES string of the molecule is [CH]C(C)C([CH])C. The molecule has 34 valence electrons. The van der Waals surface area contributed by atoms with Gasteiger partial charge in [0.2, 0.25) is 0 Å². The topological polar surface area (TPSA) is 0 Å². The second kappa shape index (κ2) is 2.22. The minimum atomic E-state index is 0.130. The standard InChI is InChI=1S/C6H10/c1-5(2)6(3)4/h1,3,5-6H,2,4H3. The van der Waals surface area contributed by atoms with Crippen molar-refractivity contribution in [1.82, 2.24) is 0 Å². The van der Waals surface area contributed by atoms with Crippen LogP contribution in [0.5, 0.6) is 0 Å². The quantitative estimate of drug-likeness (QED) is 0.451. The lowest BCUT2D eigenvalue weighted by molar-refractivity contribution is 0.551. The van der Waals surface area contributed by atoms with Crippen molar-refractivity contribution in [3.05, 3.63) is 13.8 Å². The Morgan fingerprint density at radius 1 is 1.00 bits per heavy atom. The molecular weight excluding hydrogens is 72.1 g/mol. The third-order valence-corrected chi connectivity index (χ3v) is 0.829. The smallest absolute Gasteiger partial charge is 0.0318 e. The zero-order valence-corrected chi connectivity index (χ0v) is 4.31. The van der Waals surface area contributed by atoms with Crippen molar-refractivity contribution in [3.8, 4) is 0 Å². The van der Waals surface area contributed by atoms with Crippen LogP contribution in [-0.4, -0.2) is 0 Å². The lowest BCUT2D eigenvalue weighted by Crippen LogP contribution is -1.96. The molecule has 0 fully saturated rings. The highest BCUT2D eigenvalue weighted by atomic mass is 14.0. The minimum absolute atomic E-state index is 0.130. The molecule has 0 rings (SSSR count). The van der Waals surface area contributed by atoms with Crippen LogP contribution in [0.4, 0.5) is 0 Å². The van der Waals surface area contributed by atoms with E-state index in [1.165, 1.54) is 0 Å². The van der Waals surface area contributed by atoms with E-state index in [0.29, 0.717) is 0 Å². The first-order chi connectivity index (χ1) is 2.64. The maximum atomic E-state index is 5.31. The van der Waals surface area contributed by atoms with Crippen molar-refractivity contribution in [3.63, 3.8) is 0 Å². The monoisotopic (exact) mass is 82.1 g/mol. The summed E-state index contributed by atoms with van der Waals surface area (Å²) >= 11 is 0. The van der Waals surface area contributed by atoms with Gasteiger partial charge in [0.15, 0.2) is 0 Å². The molecular formula is C6H10. The molecule has 0 amide bonds. The van der Waals surface area contributed by atoms with Gasteiger partial charge >= 0.3 is 0 Å². The van der Waals surface area contributed by atoms with E-state index < -0.39 is 0 Å². The van der Waals surface area contributed by atoms with Gasteiger partial charge in [0.05, 0.1) is 0 Å². The van der Waals surface area contributed by atoms with Gasteiger partial charge in [-0.1, -0.05) is 13.8 Å². The molecule has 0 aliphatic heterocycles. The summed E-state index contributed by atoms with van der Waals surface area (Å²) in [6.45, 7) is 14.4. The Morgan fingerprint density at radius 2 is 1.17 bits per heavy atom. The Morgan fingerprint density at radius 3 is 1.17 bits per heavy atom. The third kappa shape index (κ3) is 2.25. The molecule has 0 bridgehead atoms. The largest absolute Gasteiger partial charge is 0.0620 e. The molecule has 0 aliphatic rings. The van der Waals surface area contributed by atoms with Gasteiger partial charge in [-0.05, 0) is 25.7 Å². The van der Waals surface area contributed by atoms with E-state index in [1.807, 2.05) is 13.8 Å². The number of rotatable bonds is 1. The average molecular weight is 82.1 g/mol. The number of hydrogen-bond donors (Lipinski definition) is 0. The predicted octanol–water partition coefficient (Wildman–Crippen LogP) is 1.68. The van der Waals surface area contributed by atoms with Crippen LogP contribution in [-0.2, 0) is 0 Å². The van der Waals surface area contributed by atoms with Crippen LogP contribution < -0.4 is 0 Å². The fraction of sp³-hybridized carbons (Fsp3) is 0.667. The molecule has 0 aromatic carbocycles. The Hall–Kier alpha value is 0. The molecule has 2 unspecified atom stereocenters. The van der Waals surface area contributed by atoms with Gasteiger partial charge < -0.3 is 0 Å². The zero-order chi connectivity index (χ0) is 5.15. The van der Waals surface area contributed by atoms with E-state index in [2.05, 4.69) is 0 Å². The minimum Gasteiger partial charge on any atom is -0.0620 e. The fourth-order valence-corrected chi connectivity index (χ4v) is 0. The van der Waals surface area contributed by atoms with E-state index in [4.69, 9.17) is 13.8 Å². The van der Waals surface area contributed by atoms with E-state index >= 15 is 0 Å². The van der Waals surface area contributed by atoms with Crippen molar-refractivity contribution < 1.29 is 0 Å². The molecule has 0 aliphatic carbocycles. The van der Waals surface area contributed by atoms with Crippen molar-refractivity contribution in [2.24, 2.45) is 11.8 Å². The zero-order valence-electron chi connectivity index (χ0n) is 4.31. The molecule has 0 spiro atoms. The van der Waals surface area contributed by atoms with Crippen molar-refractivity contribution in [1.29, 1.82) is 0 Å². The first kappa shape index (κ1) is 6.00. The molecule has 0 aromatic rings. The second-order valence-corrected chi connectivity index (χ2v) is 1.72. The summed E-state index contributed by atoms with van der Waals surface area (Å²) in [6.07, 6.45) is 0. The Bertz CT molecular complexity index is 21.0. The van der Waals surface area contributed by atoms with Gasteiger partial charge in [0.1, 0.15) is 0 Å². The summed E-state index contributed by atoms with van der Waals surface area (Å²) in [4.78, 5) is 0. The number of hydrogen-bond acceptors (Lipinski definition) is 0. The summed E-state index contributed by atoms with van der Waals surface area (Å²) in [5, 5.41) is 0. The van der Waals surface area contributed by atoms with Crippen LogP contribution in [0.2, 0.25) is 0 Å². The first-order valence-electron chi connectivity index (χ1n) is 2.15. The van der Waals surface area contributed by atoms with Crippen LogP contribution in [0.3, 0.4) is 0 Å². The van der Waals surface area contributed by atoms with Crippen molar-refractivity contribution >= 4 is 0 Å². The molecule has 0 saturated heterocycles. The summed E-state index contributed by atoms with van der Waals surface area (Å²) in [7, 11) is 0. The van der Waals surface area contributed by atoms with E-state index in [-0.39, 0.29) is 11.8 Å². The van der Waals surface area contributed by atoms with Crippen LogP contribution in [0.1, 0.15) is 13.8 Å². The van der Waals surface area contributed by atoms with Gasteiger partial charge in [-0.25, -0.2) is 0 Å². The van der Waals surface area contributed by atoms with E-state index in [0.717, 1.165) is 0 Å². The summed E-state index contributed by atoms with van der Waals surface area (Å²) < 4.78 is 0. The van der Waals surface area contributed by atoms with Gasteiger partial charge in [0.25, 0.3) is 0 Å². The predicted molar refractivity (Wildman–Crippen MR) is 26.9 cm³/mol. The third-order valence-electron chi connectivity index (χ3n) is 0.829. The molecule has 0 heterocycles. The van der Waals surface area contributed by atoms with Crippen molar-refractivity contribution in [2.45, 2.75) is 13.8 Å². The Kier molecular flexibility index (Phi) is 2.22. The van der Waals surface area contributed by atoms with Gasteiger partial charge in [-0.2, -0.15) is 0 Å². The molecule has 0 aromatic heterocycles. The molecule has 0 nitrogen and oxygen atoms in total. The van der Waals surface area contributed by atoms with Crippen LogP contribution in [0.25, 0.3) is 0 Å². The highest BCUT2D eigenvalue weighted by Gasteiger charge is 1.96. The van der Waals surface area contributed by atoms with Crippen LogP contribution in [0, 0.1) is 25.7 Å². The van der Waals surface area contributed by atoms with Crippen LogP contribution in [0.15, 0.2) is 0 Å². The second-order valence-electron chi connectivity index (χ2n) is 1.72. The van der Waals surface area contributed by atoms with Crippen molar-refractivity contribution in [2.75, 3.05) is 0 Å². The molecule has 0 saturated carbocycles. The normalized spacial score (nSPS) is 11.0. The molecule has 6 heavy (non-hydrogen) atoms. The Labute approximate surface area is 40.6 Å². The first-order valence-corrected chi connectivity index (χ1v) is 2.15.